The van der Waals surface area contributed by atoms with Crippen LogP contribution in [0.1, 0.15) is 30.9 Å². The van der Waals surface area contributed by atoms with Crippen molar-refractivity contribution in [2.45, 2.75) is 32.7 Å². The first-order chi connectivity index (χ1) is 14.2. The molecule has 1 aromatic rings. The number of guanidine groups is 1. The Kier molecular flexibility index (Phi) is 8.43. The molecule has 2 aliphatic rings. The van der Waals surface area contributed by atoms with Gasteiger partial charge >= 0.3 is 0 Å². The van der Waals surface area contributed by atoms with E-state index < -0.39 is 0 Å². The number of rotatable bonds is 9. The molecule has 7 nitrogen and oxygen atoms in total. The van der Waals surface area contributed by atoms with Gasteiger partial charge in [-0.15, -0.1) is 0 Å². The Labute approximate surface area is 174 Å². The predicted molar refractivity (Wildman–Crippen MR) is 114 cm³/mol. The predicted octanol–water partition coefficient (Wildman–Crippen LogP) is 2.47. The molecule has 1 atom stereocenters. The number of methoxy groups -OCH3 is 2. The molecular weight excluding hydrogens is 370 g/mol. The summed E-state index contributed by atoms with van der Waals surface area (Å²) in [7, 11) is 3.36. The van der Waals surface area contributed by atoms with Crippen LogP contribution in [0.15, 0.2) is 17.1 Å². The zero-order valence-corrected chi connectivity index (χ0v) is 18.0. The molecular formula is C22H35N3O4. The molecule has 162 valence electrons. The Balaban J connectivity index is 1.52. The fraction of sp³-hybridized carbons (Fsp3) is 0.682. The van der Waals surface area contributed by atoms with Gasteiger partial charge in [-0.2, -0.15) is 0 Å². The Morgan fingerprint density at radius 2 is 2.03 bits per heavy atom. The monoisotopic (exact) mass is 405 g/mol. The molecule has 0 aliphatic carbocycles. The smallest absolute Gasteiger partial charge is 0.194 e. The van der Waals surface area contributed by atoms with Crippen molar-refractivity contribution in [2.24, 2.45) is 10.9 Å². The van der Waals surface area contributed by atoms with Crippen molar-refractivity contribution < 1.29 is 18.9 Å². The highest BCUT2D eigenvalue weighted by atomic mass is 16.5. The van der Waals surface area contributed by atoms with Crippen molar-refractivity contribution in [1.82, 2.24) is 10.2 Å². The Hall–Kier alpha value is -1.99. The average molecular weight is 406 g/mol. The van der Waals surface area contributed by atoms with Gasteiger partial charge in [0.15, 0.2) is 17.5 Å². The standard InChI is InChI=1S/C22H35N3O4/c1-4-23-22(24-8-5-10-28-15-17-7-11-29-16-17)25-9-6-18-12-20(26-2)21(27-3)13-19(18)14-25/h12-13,17H,4-11,14-16H2,1-3H3,(H,23,24). The summed E-state index contributed by atoms with van der Waals surface area (Å²) in [6, 6.07) is 4.19. The first kappa shape index (κ1) is 21.7. The second kappa shape index (κ2) is 11.3. The summed E-state index contributed by atoms with van der Waals surface area (Å²) in [5.74, 6) is 3.11. The van der Waals surface area contributed by atoms with Crippen molar-refractivity contribution in [2.75, 3.05) is 60.3 Å². The van der Waals surface area contributed by atoms with Gasteiger partial charge in [0.05, 0.1) is 27.4 Å². The van der Waals surface area contributed by atoms with E-state index in [1.807, 2.05) is 0 Å². The molecule has 1 fully saturated rings. The van der Waals surface area contributed by atoms with Crippen LogP contribution in [0.3, 0.4) is 0 Å². The van der Waals surface area contributed by atoms with Crippen molar-refractivity contribution >= 4 is 5.96 Å². The summed E-state index contributed by atoms with van der Waals surface area (Å²) in [5, 5.41) is 3.43. The lowest BCUT2D eigenvalue weighted by molar-refractivity contribution is 0.0893. The van der Waals surface area contributed by atoms with Gasteiger partial charge in [-0.05, 0) is 49.4 Å². The largest absolute Gasteiger partial charge is 0.493 e. The molecule has 2 aliphatic heterocycles. The van der Waals surface area contributed by atoms with E-state index in [-0.39, 0.29) is 0 Å². The summed E-state index contributed by atoms with van der Waals surface area (Å²) in [6.07, 6.45) is 3.01. The van der Waals surface area contributed by atoms with E-state index >= 15 is 0 Å². The van der Waals surface area contributed by atoms with Crippen molar-refractivity contribution in [3.05, 3.63) is 23.3 Å². The number of aliphatic imine (C=N–C) groups is 1. The highest BCUT2D eigenvalue weighted by Gasteiger charge is 2.21. The maximum atomic E-state index is 5.79. The van der Waals surface area contributed by atoms with Gasteiger partial charge in [-0.3, -0.25) is 4.99 Å². The number of nitrogens with one attached hydrogen (secondary N) is 1. The number of nitrogens with zero attached hydrogens (tertiary/aromatic N) is 2. The van der Waals surface area contributed by atoms with Gasteiger partial charge in [-0.1, -0.05) is 0 Å². The van der Waals surface area contributed by atoms with Crippen LogP contribution >= 0.6 is 0 Å². The van der Waals surface area contributed by atoms with Crippen LogP contribution in [-0.2, 0) is 22.4 Å². The van der Waals surface area contributed by atoms with E-state index in [2.05, 4.69) is 29.3 Å². The fourth-order valence-electron chi connectivity index (χ4n) is 3.81. The highest BCUT2D eigenvalue weighted by molar-refractivity contribution is 5.80. The van der Waals surface area contributed by atoms with Gasteiger partial charge in [0.2, 0.25) is 0 Å². The summed E-state index contributed by atoms with van der Waals surface area (Å²) in [5.41, 5.74) is 2.58. The van der Waals surface area contributed by atoms with Crippen LogP contribution in [0.4, 0.5) is 0 Å². The molecule has 3 rings (SSSR count). The molecule has 0 spiro atoms. The molecule has 7 heteroatoms. The van der Waals surface area contributed by atoms with Crippen molar-refractivity contribution in [3.63, 3.8) is 0 Å². The number of benzene rings is 1. The van der Waals surface area contributed by atoms with Crippen LogP contribution in [0.2, 0.25) is 0 Å². The summed E-state index contributed by atoms with van der Waals surface area (Å²) in [4.78, 5) is 7.14. The van der Waals surface area contributed by atoms with Gasteiger partial charge < -0.3 is 29.2 Å². The van der Waals surface area contributed by atoms with Crippen LogP contribution < -0.4 is 14.8 Å². The van der Waals surface area contributed by atoms with Gasteiger partial charge in [-0.25, -0.2) is 0 Å². The molecule has 1 N–H and O–H groups in total. The molecule has 29 heavy (non-hydrogen) atoms. The third-order valence-electron chi connectivity index (χ3n) is 5.44. The third-order valence-corrected chi connectivity index (χ3v) is 5.44. The van der Waals surface area contributed by atoms with E-state index in [0.717, 1.165) is 89.3 Å². The van der Waals surface area contributed by atoms with Crippen molar-refractivity contribution in [3.8, 4) is 11.5 Å². The maximum Gasteiger partial charge on any atom is 0.194 e. The number of ether oxygens (including phenoxy) is 4. The number of hydrogen-bond acceptors (Lipinski definition) is 5. The van der Waals surface area contributed by atoms with E-state index in [9.17, 15) is 0 Å². The first-order valence-electron chi connectivity index (χ1n) is 10.7. The lowest BCUT2D eigenvalue weighted by Gasteiger charge is -2.32. The summed E-state index contributed by atoms with van der Waals surface area (Å²) in [6.45, 7) is 8.75. The third kappa shape index (κ3) is 6.00. The van der Waals surface area contributed by atoms with E-state index in [1.165, 1.54) is 11.1 Å². The first-order valence-corrected chi connectivity index (χ1v) is 10.7. The normalized spacial score (nSPS) is 19.2. The molecule has 0 amide bonds. The van der Waals surface area contributed by atoms with Gasteiger partial charge in [0.1, 0.15) is 0 Å². The molecule has 2 heterocycles. The molecule has 1 saturated heterocycles. The minimum Gasteiger partial charge on any atom is -0.493 e. The Bertz CT molecular complexity index is 674. The molecule has 1 aromatic carbocycles. The number of hydrogen-bond donors (Lipinski definition) is 1. The number of fused-ring (bicyclic) bond motifs is 1. The SMILES string of the molecule is CCNC(=NCCCOCC1CCOC1)N1CCc2cc(OC)c(OC)cc2C1. The zero-order valence-electron chi connectivity index (χ0n) is 18.0. The van der Waals surface area contributed by atoms with Crippen LogP contribution in [0, 0.1) is 5.92 Å². The van der Waals surface area contributed by atoms with Crippen LogP contribution in [-0.4, -0.2) is 71.1 Å². The van der Waals surface area contributed by atoms with E-state index in [1.54, 1.807) is 14.2 Å². The quantitative estimate of drug-likeness (QED) is 0.387. The minimum absolute atomic E-state index is 0.569. The Morgan fingerprint density at radius 1 is 1.24 bits per heavy atom. The highest BCUT2D eigenvalue weighted by Crippen LogP contribution is 2.33. The lowest BCUT2D eigenvalue weighted by atomic mass is 9.99. The lowest BCUT2D eigenvalue weighted by Crippen LogP contribution is -2.44. The second-order valence-corrected chi connectivity index (χ2v) is 7.54. The van der Waals surface area contributed by atoms with Gasteiger partial charge in [0.25, 0.3) is 0 Å². The minimum atomic E-state index is 0.569. The summed E-state index contributed by atoms with van der Waals surface area (Å²) >= 11 is 0. The second-order valence-electron chi connectivity index (χ2n) is 7.54. The van der Waals surface area contributed by atoms with Crippen molar-refractivity contribution in [1.29, 1.82) is 0 Å². The topological polar surface area (TPSA) is 64.6 Å². The van der Waals surface area contributed by atoms with E-state index in [4.69, 9.17) is 23.9 Å². The molecule has 0 aromatic heterocycles. The van der Waals surface area contributed by atoms with Crippen LogP contribution in [0.25, 0.3) is 0 Å². The molecule has 0 saturated carbocycles. The summed E-state index contributed by atoms with van der Waals surface area (Å²) < 4.78 is 22.1. The maximum absolute atomic E-state index is 5.79. The van der Waals surface area contributed by atoms with Crippen LogP contribution in [0.5, 0.6) is 11.5 Å². The van der Waals surface area contributed by atoms with Gasteiger partial charge in [0, 0.05) is 45.3 Å². The Morgan fingerprint density at radius 3 is 2.72 bits per heavy atom. The van der Waals surface area contributed by atoms with E-state index in [0.29, 0.717) is 5.92 Å². The zero-order chi connectivity index (χ0) is 20.5. The average Bonchev–Trinajstić information content (AvgIpc) is 3.27. The molecule has 1 unspecified atom stereocenters. The molecule has 0 radical (unpaired) electrons. The fourth-order valence-corrected chi connectivity index (χ4v) is 3.81. The molecule has 0 bridgehead atoms.